The van der Waals surface area contributed by atoms with Crippen molar-refractivity contribution in [3.8, 4) is 22.3 Å². The molecule has 0 aromatic heterocycles. The zero-order valence-electron chi connectivity index (χ0n) is 26.6. The molecule has 236 valence electrons. The van der Waals surface area contributed by atoms with Gasteiger partial charge in [-0.3, -0.25) is 0 Å². The minimum atomic E-state index is 0. The molecule has 0 amide bonds. The molecule has 6 aromatic carbocycles. The van der Waals surface area contributed by atoms with Gasteiger partial charge in [0.15, 0.2) is 0 Å². The van der Waals surface area contributed by atoms with Crippen LogP contribution in [0.15, 0.2) is 114 Å². The molecule has 0 spiro atoms. The summed E-state index contributed by atoms with van der Waals surface area (Å²) in [7, 11) is 0. The lowest BCUT2D eigenvalue weighted by Gasteiger charge is -2.35. The third-order valence-corrected chi connectivity index (χ3v) is 11.0. The van der Waals surface area contributed by atoms with E-state index in [1.165, 1.54) is 102 Å². The summed E-state index contributed by atoms with van der Waals surface area (Å²) in [6.07, 6.45) is 5.07. The molecule has 0 unspecified atom stereocenters. The summed E-state index contributed by atoms with van der Waals surface area (Å²) in [4.78, 5) is 0. The smallest absolute Gasteiger partial charge is 0.0254 e. The minimum absolute atomic E-state index is 0. The molecule has 8 rings (SSSR count). The number of fused-ring (bicyclic) bond motifs is 4. The second kappa shape index (κ2) is 12.8. The highest BCUT2D eigenvalue weighted by molar-refractivity contribution is 9.10. The van der Waals surface area contributed by atoms with Crippen LogP contribution in [0.1, 0.15) is 96.6 Å². The van der Waals surface area contributed by atoms with Crippen LogP contribution in [0.5, 0.6) is 0 Å². The zero-order chi connectivity index (χ0) is 30.6. The van der Waals surface area contributed by atoms with Gasteiger partial charge in [0.25, 0.3) is 0 Å². The average molecular weight is 670 g/mol. The Balaban J connectivity index is 0.000000176. The first-order valence-corrected chi connectivity index (χ1v) is 17.0. The molecule has 46 heavy (non-hydrogen) atoms. The van der Waals surface area contributed by atoms with Crippen LogP contribution in [0.3, 0.4) is 0 Å². The summed E-state index contributed by atoms with van der Waals surface area (Å²) in [6.45, 7) is 11.7. The van der Waals surface area contributed by atoms with E-state index in [1.54, 1.807) is 0 Å². The van der Waals surface area contributed by atoms with Gasteiger partial charge >= 0.3 is 0 Å². The highest BCUT2D eigenvalue weighted by Gasteiger charge is 2.34. The van der Waals surface area contributed by atoms with Gasteiger partial charge in [0, 0.05) is 15.3 Å². The third-order valence-electron chi connectivity index (χ3n) is 10.3. The van der Waals surface area contributed by atoms with Crippen molar-refractivity contribution in [2.75, 3.05) is 0 Å². The van der Waals surface area contributed by atoms with Gasteiger partial charge in [0.05, 0.1) is 0 Å². The molecule has 0 aliphatic heterocycles. The average Bonchev–Trinajstić information content (AvgIpc) is 3.04. The second-order valence-corrected chi connectivity index (χ2v) is 14.5. The predicted octanol–water partition coefficient (Wildman–Crippen LogP) is 14.1. The molecule has 1 heteroatoms. The standard InChI is InChI=1S/C24H26.C19H15Br.2CH4/c1-4-5-6-10-17-15-16-20-19-11-7-8-13-21(19)24(2,3)22-14-9-12-18(17)23(20)22;1-19(2)15-8-4-3-6-12(15)13-10-11-17(20)14-7-5-9-16(19)18(13)14;;/h7-9,11-16H,4-6,10H2,1-3H3;3-11H,1-2H3;2*1H4. The van der Waals surface area contributed by atoms with Gasteiger partial charge in [-0.25, -0.2) is 0 Å². The van der Waals surface area contributed by atoms with Crippen molar-refractivity contribution in [3.63, 3.8) is 0 Å². The number of halogens is 1. The first-order valence-electron chi connectivity index (χ1n) is 16.2. The molecule has 0 N–H and O–H groups in total. The van der Waals surface area contributed by atoms with Gasteiger partial charge in [-0.1, -0.05) is 181 Å². The van der Waals surface area contributed by atoms with Crippen LogP contribution in [0.4, 0.5) is 0 Å². The van der Waals surface area contributed by atoms with E-state index < -0.39 is 0 Å². The number of aryl methyl sites for hydroxylation is 1. The molecule has 0 saturated heterocycles. The Bertz CT molecular complexity index is 2040. The molecule has 0 saturated carbocycles. The summed E-state index contributed by atoms with van der Waals surface area (Å²) in [5.41, 5.74) is 12.9. The van der Waals surface area contributed by atoms with Crippen molar-refractivity contribution in [1.29, 1.82) is 0 Å². The Labute approximate surface area is 286 Å². The van der Waals surface area contributed by atoms with E-state index in [1.807, 2.05) is 0 Å². The van der Waals surface area contributed by atoms with Crippen molar-refractivity contribution in [3.05, 3.63) is 141 Å². The summed E-state index contributed by atoms with van der Waals surface area (Å²) in [6, 6.07) is 40.4. The maximum Gasteiger partial charge on any atom is 0.0254 e. The Morgan fingerprint density at radius 3 is 1.52 bits per heavy atom. The first kappa shape index (κ1) is 33.7. The van der Waals surface area contributed by atoms with Crippen molar-refractivity contribution in [1.82, 2.24) is 0 Å². The van der Waals surface area contributed by atoms with E-state index in [-0.39, 0.29) is 25.7 Å². The van der Waals surface area contributed by atoms with Gasteiger partial charge in [0.2, 0.25) is 0 Å². The second-order valence-electron chi connectivity index (χ2n) is 13.6. The van der Waals surface area contributed by atoms with Crippen molar-refractivity contribution >= 4 is 37.5 Å². The number of benzene rings is 6. The minimum Gasteiger partial charge on any atom is -0.0776 e. The molecule has 0 atom stereocenters. The van der Waals surface area contributed by atoms with Crippen LogP contribution in [-0.2, 0) is 17.3 Å². The topological polar surface area (TPSA) is 0 Å². The SMILES string of the molecule is C.C.CC1(C)c2ccccc2-c2ccc(Br)c3cccc1c23.CCCCCc1ccc2c3c(cccc13)C(C)(C)c1ccccc1-2. The highest BCUT2D eigenvalue weighted by atomic mass is 79.9. The first-order chi connectivity index (χ1) is 21.2. The monoisotopic (exact) mass is 668 g/mol. The highest BCUT2D eigenvalue weighted by Crippen LogP contribution is 2.50. The van der Waals surface area contributed by atoms with Crippen LogP contribution in [0.25, 0.3) is 43.8 Å². The molecule has 6 aromatic rings. The van der Waals surface area contributed by atoms with Crippen LogP contribution in [0, 0.1) is 0 Å². The van der Waals surface area contributed by atoms with E-state index in [9.17, 15) is 0 Å². The lowest BCUT2D eigenvalue weighted by atomic mass is 9.68. The molecular weight excluding hydrogens is 620 g/mol. The molecule has 0 bridgehead atoms. The Morgan fingerprint density at radius 2 is 0.957 bits per heavy atom. The van der Waals surface area contributed by atoms with Gasteiger partial charge in [-0.2, -0.15) is 0 Å². The van der Waals surface area contributed by atoms with Crippen LogP contribution in [0.2, 0.25) is 0 Å². The molecule has 0 heterocycles. The number of hydrogen-bond acceptors (Lipinski definition) is 0. The van der Waals surface area contributed by atoms with E-state index in [4.69, 9.17) is 0 Å². The van der Waals surface area contributed by atoms with E-state index in [2.05, 4.69) is 160 Å². The third kappa shape index (κ3) is 5.22. The lowest BCUT2D eigenvalue weighted by molar-refractivity contribution is 0.645. The van der Waals surface area contributed by atoms with Gasteiger partial charge in [-0.05, 0) is 90.5 Å². The fourth-order valence-electron chi connectivity index (χ4n) is 7.93. The molecule has 0 nitrogen and oxygen atoms in total. The predicted molar refractivity (Wildman–Crippen MR) is 207 cm³/mol. The Kier molecular flexibility index (Phi) is 9.40. The van der Waals surface area contributed by atoms with Crippen LogP contribution >= 0.6 is 15.9 Å². The number of hydrogen-bond donors (Lipinski definition) is 0. The zero-order valence-corrected chi connectivity index (χ0v) is 28.2. The maximum absolute atomic E-state index is 3.70. The Morgan fingerprint density at radius 1 is 0.478 bits per heavy atom. The maximum atomic E-state index is 3.70. The summed E-state index contributed by atoms with van der Waals surface area (Å²) < 4.78 is 1.17. The largest absolute Gasteiger partial charge is 0.0776 e. The van der Waals surface area contributed by atoms with Crippen molar-refractivity contribution in [2.45, 2.75) is 86.0 Å². The van der Waals surface area contributed by atoms with Crippen molar-refractivity contribution < 1.29 is 0 Å². The fraction of sp³-hybridized carbons (Fsp3) is 0.289. The summed E-state index contributed by atoms with van der Waals surface area (Å²) >= 11 is 3.70. The van der Waals surface area contributed by atoms with E-state index >= 15 is 0 Å². The van der Waals surface area contributed by atoms with Crippen LogP contribution < -0.4 is 0 Å². The molecule has 0 fully saturated rings. The normalized spacial score (nSPS) is 14.2. The molecule has 2 aliphatic carbocycles. The molecular formula is C45H49Br. The summed E-state index contributed by atoms with van der Waals surface area (Å²) in [5.74, 6) is 0. The van der Waals surface area contributed by atoms with Gasteiger partial charge in [0.1, 0.15) is 0 Å². The van der Waals surface area contributed by atoms with Crippen LogP contribution in [-0.4, -0.2) is 0 Å². The van der Waals surface area contributed by atoms with Gasteiger partial charge in [-0.15, -0.1) is 0 Å². The quantitative estimate of drug-likeness (QED) is 0.164. The summed E-state index contributed by atoms with van der Waals surface area (Å²) in [5, 5.41) is 5.65. The van der Waals surface area contributed by atoms with E-state index in [0.29, 0.717) is 0 Å². The van der Waals surface area contributed by atoms with E-state index in [0.717, 1.165) is 0 Å². The Hall–Kier alpha value is -3.68. The molecule has 0 radical (unpaired) electrons. The fourth-order valence-corrected chi connectivity index (χ4v) is 8.39. The number of unbranched alkanes of at least 4 members (excludes halogenated alkanes) is 2. The van der Waals surface area contributed by atoms with Crippen molar-refractivity contribution in [2.24, 2.45) is 0 Å². The molecule has 2 aliphatic rings. The number of rotatable bonds is 4. The lowest BCUT2D eigenvalue weighted by Crippen LogP contribution is -2.23. The van der Waals surface area contributed by atoms with Gasteiger partial charge < -0.3 is 0 Å².